The van der Waals surface area contributed by atoms with E-state index < -0.39 is 0 Å². The fourth-order valence-corrected chi connectivity index (χ4v) is 2.86. The number of Topliss-reactive ketones (excluding diaryl/α,β-unsaturated/α-hetero) is 1. The summed E-state index contributed by atoms with van der Waals surface area (Å²) in [7, 11) is 1.62. The van der Waals surface area contributed by atoms with Gasteiger partial charge in [0, 0.05) is 12.0 Å². The second kappa shape index (κ2) is 6.34. The second-order valence-electron chi connectivity index (χ2n) is 4.69. The minimum absolute atomic E-state index is 0.215. The van der Waals surface area contributed by atoms with Crippen LogP contribution in [-0.2, 0) is 0 Å². The molecule has 1 aliphatic heterocycles. The highest BCUT2D eigenvalue weighted by Gasteiger charge is 2.18. The summed E-state index contributed by atoms with van der Waals surface area (Å²) in [5.74, 6) is 1.45. The molecule has 1 aromatic carbocycles. The summed E-state index contributed by atoms with van der Waals surface area (Å²) in [6.45, 7) is 2.04. The molecular formula is C14H18BrNO2. The van der Waals surface area contributed by atoms with Gasteiger partial charge < -0.3 is 10.1 Å². The van der Waals surface area contributed by atoms with Gasteiger partial charge in [-0.25, -0.2) is 0 Å². The van der Waals surface area contributed by atoms with Crippen LogP contribution < -0.4 is 10.1 Å². The van der Waals surface area contributed by atoms with Crippen LogP contribution in [0.2, 0.25) is 0 Å². The zero-order chi connectivity index (χ0) is 13.0. The Hall–Kier alpha value is -0.870. The van der Waals surface area contributed by atoms with Crippen molar-refractivity contribution in [3.8, 4) is 5.75 Å². The summed E-state index contributed by atoms with van der Waals surface area (Å²) in [5, 5.41) is 3.34. The molecule has 0 saturated carbocycles. The molecule has 98 valence electrons. The highest BCUT2D eigenvalue weighted by molar-refractivity contribution is 9.10. The number of piperidine rings is 1. The molecule has 1 unspecified atom stereocenters. The number of hydrogen-bond donors (Lipinski definition) is 1. The van der Waals surface area contributed by atoms with Crippen LogP contribution in [0.25, 0.3) is 0 Å². The fraction of sp³-hybridized carbons (Fsp3) is 0.500. The second-order valence-corrected chi connectivity index (χ2v) is 5.54. The molecule has 1 aromatic rings. The Morgan fingerprint density at radius 3 is 3.00 bits per heavy atom. The van der Waals surface area contributed by atoms with Crippen molar-refractivity contribution in [1.82, 2.24) is 5.32 Å². The Kier molecular flexibility index (Phi) is 4.78. The predicted octanol–water partition coefficient (Wildman–Crippen LogP) is 3.03. The maximum atomic E-state index is 12.2. The van der Waals surface area contributed by atoms with E-state index >= 15 is 0 Å². The zero-order valence-corrected chi connectivity index (χ0v) is 12.1. The van der Waals surface area contributed by atoms with Crippen LogP contribution in [0.15, 0.2) is 22.7 Å². The molecule has 1 atom stereocenters. The Labute approximate surface area is 116 Å². The van der Waals surface area contributed by atoms with Crippen LogP contribution in [0.4, 0.5) is 0 Å². The molecule has 1 heterocycles. The van der Waals surface area contributed by atoms with Gasteiger partial charge in [0.2, 0.25) is 0 Å². The topological polar surface area (TPSA) is 38.3 Å². The van der Waals surface area contributed by atoms with E-state index in [4.69, 9.17) is 4.74 Å². The molecule has 4 heteroatoms. The number of halogens is 1. The summed E-state index contributed by atoms with van der Waals surface area (Å²) < 4.78 is 5.99. The lowest BCUT2D eigenvalue weighted by Crippen LogP contribution is -2.31. The monoisotopic (exact) mass is 311 g/mol. The van der Waals surface area contributed by atoms with Crippen molar-refractivity contribution in [3.05, 3.63) is 28.2 Å². The Bertz CT molecular complexity index is 428. The number of rotatable bonds is 4. The van der Waals surface area contributed by atoms with Crippen LogP contribution >= 0.6 is 15.9 Å². The van der Waals surface area contributed by atoms with Crippen LogP contribution in [0.3, 0.4) is 0 Å². The molecule has 0 aromatic heterocycles. The van der Waals surface area contributed by atoms with Crippen molar-refractivity contribution in [2.45, 2.75) is 19.3 Å². The van der Waals surface area contributed by atoms with Gasteiger partial charge in [-0.1, -0.05) is 0 Å². The maximum absolute atomic E-state index is 12.2. The number of carbonyl (C=O) groups is 1. The van der Waals surface area contributed by atoms with Gasteiger partial charge in [0.25, 0.3) is 0 Å². The number of benzene rings is 1. The Morgan fingerprint density at radius 2 is 2.39 bits per heavy atom. The summed E-state index contributed by atoms with van der Waals surface area (Å²) in [4.78, 5) is 12.2. The lowest BCUT2D eigenvalue weighted by atomic mass is 9.92. The highest BCUT2D eigenvalue weighted by atomic mass is 79.9. The van der Waals surface area contributed by atoms with E-state index in [2.05, 4.69) is 21.2 Å². The molecule has 0 amide bonds. The van der Waals surface area contributed by atoms with Gasteiger partial charge in [-0.15, -0.1) is 0 Å². The third kappa shape index (κ3) is 3.33. The van der Waals surface area contributed by atoms with Crippen LogP contribution in [0.5, 0.6) is 5.75 Å². The largest absolute Gasteiger partial charge is 0.496 e. The van der Waals surface area contributed by atoms with Crippen molar-refractivity contribution < 1.29 is 9.53 Å². The lowest BCUT2D eigenvalue weighted by Gasteiger charge is -2.22. The summed E-state index contributed by atoms with van der Waals surface area (Å²) in [5.41, 5.74) is 0.758. The smallest absolute Gasteiger partial charge is 0.163 e. The molecule has 2 rings (SSSR count). The minimum Gasteiger partial charge on any atom is -0.496 e. The molecule has 18 heavy (non-hydrogen) atoms. The van der Waals surface area contributed by atoms with Crippen LogP contribution in [0.1, 0.15) is 29.6 Å². The summed E-state index contributed by atoms with van der Waals surface area (Å²) in [6.07, 6.45) is 2.95. The molecule has 3 nitrogen and oxygen atoms in total. The standard InChI is InChI=1S/C14H18BrNO2/c1-18-14-5-4-11(8-12(14)15)13(17)7-10-3-2-6-16-9-10/h4-5,8,10,16H,2-3,6-7,9H2,1H3. The first-order valence-corrected chi connectivity index (χ1v) is 7.07. The average Bonchev–Trinajstić information content (AvgIpc) is 2.39. The van der Waals surface area contributed by atoms with Gasteiger partial charge in [-0.3, -0.25) is 4.79 Å². The third-order valence-corrected chi connectivity index (χ3v) is 3.97. The van der Waals surface area contributed by atoms with Crippen molar-refractivity contribution >= 4 is 21.7 Å². The first-order valence-electron chi connectivity index (χ1n) is 6.28. The van der Waals surface area contributed by atoms with E-state index in [-0.39, 0.29) is 5.78 Å². The molecule has 1 aliphatic rings. The normalized spacial score (nSPS) is 19.6. The lowest BCUT2D eigenvalue weighted by molar-refractivity contribution is 0.0953. The SMILES string of the molecule is COc1ccc(C(=O)CC2CCCNC2)cc1Br. The van der Waals surface area contributed by atoms with Crippen molar-refractivity contribution in [2.75, 3.05) is 20.2 Å². The molecule has 0 spiro atoms. The number of ether oxygens (including phenoxy) is 1. The van der Waals surface area contributed by atoms with Crippen LogP contribution in [0, 0.1) is 5.92 Å². The number of methoxy groups -OCH3 is 1. The fourth-order valence-electron chi connectivity index (χ4n) is 2.32. The minimum atomic E-state index is 0.215. The van der Waals surface area contributed by atoms with Gasteiger partial charge in [0.05, 0.1) is 11.6 Å². The number of nitrogens with one attached hydrogen (secondary N) is 1. The first kappa shape index (κ1) is 13.6. The number of carbonyl (C=O) groups excluding carboxylic acids is 1. The maximum Gasteiger partial charge on any atom is 0.163 e. The Morgan fingerprint density at radius 1 is 1.56 bits per heavy atom. The van der Waals surface area contributed by atoms with Crippen LogP contribution in [-0.4, -0.2) is 26.0 Å². The van der Waals surface area contributed by atoms with Gasteiger partial charge in [0.15, 0.2) is 5.78 Å². The molecule has 1 N–H and O–H groups in total. The van der Waals surface area contributed by atoms with E-state index in [0.29, 0.717) is 12.3 Å². The van der Waals surface area contributed by atoms with Crippen molar-refractivity contribution in [3.63, 3.8) is 0 Å². The molecular weight excluding hydrogens is 294 g/mol. The number of ketones is 1. The van der Waals surface area contributed by atoms with E-state index in [9.17, 15) is 4.79 Å². The van der Waals surface area contributed by atoms with Gasteiger partial charge in [0.1, 0.15) is 5.75 Å². The first-order chi connectivity index (χ1) is 8.70. The summed E-state index contributed by atoms with van der Waals surface area (Å²) in [6, 6.07) is 5.51. The van der Waals surface area contributed by atoms with Gasteiger partial charge in [-0.05, 0) is 66.0 Å². The van der Waals surface area contributed by atoms with Crippen molar-refractivity contribution in [1.29, 1.82) is 0 Å². The van der Waals surface area contributed by atoms with E-state index in [1.165, 1.54) is 6.42 Å². The molecule has 0 bridgehead atoms. The van der Waals surface area contributed by atoms with E-state index in [1.54, 1.807) is 7.11 Å². The van der Waals surface area contributed by atoms with Gasteiger partial charge in [-0.2, -0.15) is 0 Å². The summed E-state index contributed by atoms with van der Waals surface area (Å²) >= 11 is 3.41. The third-order valence-electron chi connectivity index (χ3n) is 3.35. The molecule has 0 radical (unpaired) electrons. The highest BCUT2D eigenvalue weighted by Crippen LogP contribution is 2.27. The van der Waals surface area contributed by atoms with Gasteiger partial charge >= 0.3 is 0 Å². The molecule has 1 fully saturated rings. The van der Waals surface area contributed by atoms with E-state index in [1.807, 2.05) is 18.2 Å². The van der Waals surface area contributed by atoms with Crippen molar-refractivity contribution in [2.24, 2.45) is 5.92 Å². The number of hydrogen-bond acceptors (Lipinski definition) is 3. The Balaban J connectivity index is 2.01. The molecule has 0 aliphatic carbocycles. The average molecular weight is 312 g/mol. The predicted molar refractivity (Wildman–Crippen MR) is 75.2 cm³/mol. The quantitative estimate of drug-likeness (QED) is 0.869. The molecule has 1 saturated heterocycles. The van der Waals surface area contributed by atoms with E-state index in [0.717, 1.165) is 35.3 Å². The zero-order valence-electron chi connectivity index (χ0n) is 10.5.